The van der Waals surface area contributed by atoms with E-state index < -0.39 is 0 Å². The highest BCUT2D eigenvalue weighted by Gasteiger charge is 2.12. The third kappa shape index (κ3) is 5.48. The lowest BCUT2D eigenvalue weighted by Gasteiger charge is -2.11. The quantitative estimate of drug-likeness (QED) is 0.676. The fourth-order valence-electron chi connectivity index (χ4n) is 2.14. The standard InChI is InChI=1S/C18H18Cl2N2OS/c1-2-3-4-12-5-8-14(9-6-12)21-18(24)22-17(23)15-10-7-13(19)11-16(15)20/h5-11H,2-4H2,1H3,(H2,21,22,23,24). The molecule has 0 fully saturated rings. The van der Waals surface area contributed by atoms with Gasteiger partial charge in [0.25, 0.3) is 5.91 Å². The van der Waals surface area contributed by atoms with Gasteiger partial charge in [-0.25, -0.2) is 0 Å². The number of unbranched alkanes of at least 4 members (excludes halogenated alkanes) is 1. The number of nitrogens with one attached hydrogen (secondary N) is 2. The number of aryl methyl sites for hydroxylation is 1. The van der Waals surface area contributed by atoms with Crippen LogP contribution in [0.5, 0.6) is 0 Å². The number of hydrogen-bond donors (Lipinski definition) is 2. The first-order valence-electron chi connectivity index (χ1n) is 7.66. The lowest BCUT2D eigenvalue weighted by Crippen LogP contribution is -2.34. The van der Waals surface area contributed by atoms with E-state index in [4.69, 9.17) is 35.4 Å². The van der Waals surface area contributed by atoms with E-state index in [0.29, 0.717) is 10.6 Å². The second-order valence-corrected chi connectivity index (χ2v) is 6.58. The number of benzene rings is 2. The highest BCUT2D eigenvalue weighted by Crippen LogP contribution is 2.21. The van der Waals surface area contributed by atoms with E-state index in [1.54, 1.807) is 12.1 Å². The third-order valence-electron chi connectivity index (χ3n) is 3.43. The Hall–Kier alpha value is -1.62. The summed E-state index contributed by atoms with van der Waals surface area (Å²) in [6.07, 6.45) is 3.40. The first kappa shape index (κ1) is 18.7. The Balaban J connectivity index is 1.93. The highest BCUT2D eigenvalue weighted by molar-refractivity contribution is 7.80. The SMILES string of the molecule is CCCCc1ccc(NC(=S)NC(=O)c2ccc(Cl)cc2Cl)cc1. The van der Waals surface area contributed by atoms with Crippen molar-refractivity contribution in [3.63, 3.8) is 0 Å². The third-order valence-corrected chi connectivity index (χ3v) is 4.19. The van der Waals surface area contributed by atoms with Crippen LogP contribution in [0.25, 0.3) is 0 Å². The summed E-state index contributed by atoms with van der Waals surface area (Å²) in [5, 5.41) is 6.56. The molecule has 0 saturated heterocycles. The van der Waals surface area contributed by atoms with Crippen LogP contribution in [0.1, 0.15) is 35.7 Å². The van der Waals surface area contributed by atoms with Crippen LogP contribution in [-0.4, -0.2) is 11.0 Å². The van der Waals surface area contributed by atoms with Gasteiger partial charge in [-0.05, 0) is 61.0 Å². The number of rotatable bonds is 5. The second-order valence-electron chi connectivity index (χ2n) is 5.33. The van der Waals surface area contributed by atoms with Gasteiger partial charge in [0.2, 0.25) is 0 Å². The maximum absolute atomic E-state index is 12.2. The molecule has 2 aromatic carbocycles. The van der Waals surface area contributed by atoms with E-state index in [0.717, 1.165) is 12.1 Å². The van der Waals surface area contributed by atoms with Gasteiger partial charge in [-0.2, -0.15) is 0 Å². The Labute approximate surface area is 157 Å². The van der Waals surface area contributed by atoms with Crippen molar-refractivity contribution in [2.24, 2.45) is 0 Å². The second kappa shape index (κ2) is 9.02. The average Bonchev–Trinajstić information content (AvgIpc) is 2.54. The molecule has 126 valence electrons. The molecule has 0 unspecified atom stereocenters. The molecule has 0 saturated carbocycles. The minimum Gasteiger partial charge on any atom is -0.332 e. The number of thiocarbonyl (C=S) groups is 1. The van der Waals surface area contributed by atoms with Crippen molar-refractivity contribution >= 4 is 52.1 Å². The molecule has 1 amide bonds. The van der Waals surface area contributed by atoms with Crippen LogP contribution in [0.4, 0.5) is 5.69 Å². The molecule has 0 aliphatic rings. The predicted molar refractivity (Wildman–Crippen MR) is 105 cm³/mol. The van der Waals surface area contributed by atoms with Crippen molar-refractivity contribution in [3.05, 3.63) is 63.6 Å². The van der Waals surface area contributed by atoms with Gasteiger partial charge in [0.15, 0.2) is 5.11 Å². The molecule has 6 heteroatoms. The summed E-state index contributed by atoms with van der Waals surface area (Å²) in [5.41, 5.74) is 2.42. The summed E-state index contributed by atoms with van der Waals surface area (Å²) in [7, 11) is 0. The summed E-state index contributed by atoms with van der Waals surface area (Å²) < 4.78 is 0. The number of amides is 1. The fourth-order valence-corrected chi connectivity index (χ4v) is 2.85. The Morgan fingerprint density at radius 1 is 1.12 bits per heavy atom. The Bertz CT molecular complexity index is 732. The smallest absolute Gasteiger partial charge is 0.258 e. The van der Waals surface area contributed by atoms with Crippen molar-refractivity contribution in [3.8, 4) is 0 Å². The van der Waals surface area contributed by atoms with Crippen LogP contribution >= 0.6 is 35.4 Å². The zero-order chi connectivity index (χ0) is 17.5. The maximum Gasteiger partial charge on any atom is 0.258 e. The largest absolute Gasteiger partial charge is 0.332 e. The molecule has 0 bridgehead atoms. The molecule has 0 atom stereocenters. The first-order chi connectivity index (χ1) is 11.5. The lowest BCUT2D eigenvalue weighted by atomic mass is 10.1. The van der Waals surface area contributed by atoms with E-state index in [9.17, 15) is 4.79 Å². The van der Waals surface area contributed by atoms with Crippen LogP contribution in [0.3, 0.4) is 0 Å². The number of carbonyl (C=O) groups is 1. The van der Waals surface area contributed by atoms with Crippen LogP contribution < -0.4 is 10.6 Å². The van der Waals surface area contributed by atoms with Crippen LogP contribution in [0.2, 0.25) is 10.0 Å². The van der Waals surface area contributed by atoms with E-state index in [-0.39, 0.29) is 16.0 Å². The van der Waals surface area contributed by atoms with Crippen molar-refractivity contribution in [2.75, 3.05) is 5.32 Å². The number of carbonyl (C=O) groups excluding carboxylic acids is 1. The van der Waals surface area contributed by atoms with Crippen molar-refractivity contribution in [2.45, 2.75) is 26.2 Å². The molecular formula is C18H18Cl2N2OS. The van der Waals surface area contributed by atoms with E-state index >= 15 is 0 Å². The van der Waals surface area contributed by atoms with E-state index in [2.05, 4.69) is 29.7 Å². The molecular weight excluding hydrogens is 363 g/mol. The normalized spacial score (nSPS) is 10.3. The Kier molecular flexibility index (Phi) is 7.03. The van der Waals surface area contributed by atoms with Gasteiger partial charge in [-0.15, -0.1) is 0 Å². The van der Waals surface area contributed by atoms with Crippen molar-refractivity contribution in [1.82, 2.24) is 5.32 Å². The van der Waals surface area contributed by atoms with Gasteiger partial charge in [0, 0.05) is 10.7 Å². The van der Waals surface area contributed by atoms with Crippen LogP contribution in [-0.2, 0) is 6.42 Å². The number of hydrogen-bond acceptors (Lipinski definition) is 2. The predicted octanol–water partition coefficient (Wildman–Crippen LogP) is 5.46. The fraction of sp³-hybridized carbons (Fsp3) is 0.222. The van der Waals surface area contributed by atoms with E-state index in [1.807, 2.05) is 12.1 Å². The molecule has 0 aliphatic carbocycles. The zero-order valence-corrected chi connectivity index (χ0v) is 15.6. The summed E-state index contributed by atoms with van der Waals surface area (Å²) in [6, 6.07) is 12.7. The lowest BCUT2D eigenvalue weighted by molar-refractivity contribution is 0.0978. The minimum atomic E-state index is -0.381. The molecule has 2 rings (SSSR count). The maximum atomic E-state index is 12.2. The van der Waals surface area contributed by atoms with Gasteiger partial charge in [0.05, 0.1) is 10.6 Å². The molecule has 0 aromatic heterocycles. The molecule has 0 spiro atoms. The van der Waals surface area contributed by atoms with E-state index in [1.165, 1.54) is 24.5 Å². The van der Waals surface area contributed by atoms with Gasteiger partial charge in [-0.1, -0.05) is 48.7 Å². The van der Waals surface area contributed by atoms with Gasteiger partial charge < -0.3 is 5.32 Å². The summed E-state index contributed by atoms with van der Waals surface area (Å²) in [5.74, 6) is -0.381. The Morgan fingerprint density at radius 2 is 1.83 bits per heavy atom. The molecule has 3 nitrogen and oxygen atoms in total. The molecule has 0 heterocycles. The summed E-state index contributed by atoms with van der Waals surface area (Å²) in [6.45, 7) is 2.17. The van der Waals surface area contributed by atoms with Gasteiger partial charge >= 0.3 is 0 Å². The Morgan fingerprint density at radius 3 is 2.46 bits per heavy atom. The summed E-state index contributed by atoms with van der Waals surface area (Å²) in [4.78, 5) is 12.2. The van der Waals surface area contributed by atoms with Crippen LogP contribution in [0.15, 0.2) is 42.5 Å². The monoisotopic (exact) mass is 380 g/mol. The molecule has 2 aromatic rings. The molecule has 24 heavy (non-hydrogen) atoms. The molecule has 0 aliphatic heterocycles. The highest BCUT2D eigenvalue weighted by atomic mass is 35.5. The molecule has 2 N–H and O–H groups in total. The van der Waals surface area contributed by atoms with Crippen LogP contribution in [0, 0.1) is 0 Å². The topological polar surface area (TPSA) is 41.1 Å². The van der Waals surface area contributed by atoms with Crippen molar-refractivity contribution in [1.29, 1.82) is 0 Å². The average molecular weight is 381 g/mol. The molecule has 0 radical (unpaired) electrons. The zero-order valence-electron chi connectivity index (χ0n) is 13.2. The van der Waals surface area contributed by atoms with Gasteiger partial charge in [0.1, 0.15) is 0 Å². The summed E-state index contributed by atoms with van der Waals surface area (Å²) >= 11 is 17.0. The first-order valence-corrected chi connectivity index (χ1v) is 8.82. The van der Waals surface area contributed by atoms with Gasteiger partial charge in [-0.3, -0.25) is 10.1 Å². The van der Waals surface area contributed by atoms with Crippen molar-refractivity contribution < 1.29 is 4.79 Å². The number of anilines is 1. The number of halogens is 2. The minimum absolute atomic E-state index is 0.215.